The van der Waals surface area contributed by atoms with E-state index in [0.29, 0.717) is 35.7 Å². The summed E-state index contributed by atoms with van der Waals surface area (Å²) >= 11 is 5.99. The summed E-state index contributed by atoms with van der Waals surface area (Å²) in [6.07, 6.45) is 0.330. The number of carboxylic acids is 1. The SMILES string of the molecule is O=C(O)C1c2ccccc2CCN1C(=O)C1Cc2cc(Cl)ccc2O1. The van der Waals surface area contributed by atoms with Crippen LogP contribution in [0.3, 0.4) is 0 Å². The van der Waals surface area contributed by atoms with Crippen LogP contribution in [-0.4, -0.2) is 34.5 Å². The van der Waals surface area contributed by atoms with E-state index in [1.807, 2.05) is 12.1 Å². The van der Waals surface area contributed by atoms with Gasteiger partial charge in [0.25, 0.3) is 5.91 Å². The molecule has 2 heterocycles. The minimum Gasteiger partial charge on any atom is -0.480 e. The highest BCUT2D eigenvalue weighted by Gasteiger charge is 2.41. The number of carbonyl (C=O) groups excluding carboxylic acids is 1. The summed E-state index contributed by atoms with van der Waals surface area (Å²) in [5.41, 5.74) is 2.52. The quantitative estimate of drug-likeness (QED) is 0.897. The number of carbonyl (C=O) groups is 2. The number of hydrogen-bond donors (Lipinski definition) is 1. The minimum absolute atomic E-state index is 0.297. The van der Waals surface area contributed by atoms with Gasteiger partial charge >= 0.3 is 5.97 Å². The van der Waals surface area contributed by atoms with Crippen LogP contribution in [0.2, 0.25) is 5.02 Å². The maximum absolute atomic E-state index is 13.0. The Hall–Kier alpha value is -2.53. The van der Waals surface area contributed by atoms with Crippen LogP contribution in [0.15, 0.2) is 42.5 Å². The second-order valence-corrected chi connectivity index (χ2v) is 6.72. The topological polar surface area (TPSA) is 66.8 Å². The lowest BCUT2D eigenvalue weighted by molar-refractivity contribution is -0.154. The Bertz CT molecular complexity index is 866. The van der Waals surface area contributed by atoms with Crippen molar-refractivity contribution in [2.75, 3.05) is 6.54 Å². The van der Waals surface area contributed by atoms with Crippen molar-refractivity contribution in [1.82, 2.24) is 4.90 Å². The normalized spacial score (nSPS) is 21.2. The molecule has 0 bridgehead atoms. The fraction of sp³-hybridized carbons (Fsp3) is 0.263. The molecule has 0 saturated carbocycles. The van der Waals surface area contributed by atoms with E-state index in [-0.39, 0.29) is 5.91 Å². The zero-order chi connectivity index (χ0) is 17.6. The summed E-state index contributed by atoms with van der Waals surface area (Å²) in [4.78, 5) is 26.3. The van der Waals surface area contributed by atoms with Crippen molar-refractivity contribution in [2.45, 2.75) is 25.0 Å². The number of ether oxygens (including phenoxy) is 1. The molecule has 2 unspecified atom stereocenters. The third kappa shape index (κ3) is 2.74. The highest BCUT2D eigenvalue weighted by Crippen LogP contribution is 2.35. The molecular formula is C19H16ClNO4. The van der Waals surface area contributed by atoms with Gasteiger partial charge in [0.15, 0.2) is 12.1 Å². The van der Waals surface area contributed by atoms with Gasteiger partial charge in [0, 0.05) is 18.0 Å². The third-order valence-electron chi connectivity index (χ3n) is 4.77. The zero-order valence-electron chi connectivity index (χ0n) is 13.3. The molecule has 4 rings (SSSR count). The van der Waals surface area contributed by atoms with Gasteiger partial charge in [-0.2, -0.15) is 0 Å². The molecule has 0 radical (unpaired) electrons. The Labute approximate surface area is 149 Å². The molecule has 2 aliphatic rings. The van der Waals surface area contributed by atoms with E-state index in [1.165, 1.54) is 4.90 Å². The lowest BCUT2D eigenvalue weighted by Crippen LogP contribution is -2.48. The number of nitrogens with zero attached hydrogens (tertiary/aromatic N) is 1. The highest BCUT2D eigenvalue weighted by atomic mass is 35.5. The van der Waals surface area contributed by atoms with E-state index in [1.54, 1.807) is 30.3 Å². The fourth-order valence-corrected chi connectivity index (χ4v) is 3.80. The van der Waals surface area contributed by atoms with Gasteiger partial charge in [0.1, 0.15) is 5.75 Å². The van der Waals surface area contributed by atoms with Gasteiger partial charge in [0.05, 0.1) is 0 Å². The van der Waals surface area contributed by atoms with Crippen LogP contribution in [-0.2, 0) is 22.4 Å². The molecule has 0 fully saturated rings. The van der Waals surface area contributed by atoms with E-state index in [9.17, 15) is 14.7 Å². The van der Waals surface area contributed by atoms with Gasteiger partial charge < -0.3 is 14.7 Å². The van der Waals surface area contributed by atoms with Crippen LogP contribution in [0.25, 0.3) is 0 Å². The molecule has 2 aliphatic heterocycles. The first-order chi connectivity index (χ1) is 12.0. The molecule has 0 saturated heterocycles. The van der Waals surface area contributed by atoms with E-state index < -0.39 is 18.1 Å². The average Bonchev–Trinajstić information content (AvgIpc) is 3.03. The standard InChI is InChI=1S/C19H16ClNO4/c20-13-5-6-15-12(9-13)10-16(25-15)18(22)21-8-7-11-3-1-2-4-14(11)17(21)19(23)24/h1-6,9,16-17H,7-8,10H2,(H,23,24). The maximum atomic E-state index is 13.0. The number of hydrogen-bond acceptors (Lipinski definition) is 3. The number of aliphatic carboxylic acids is 1. The summed E-state index contributed by atoms with van der Waals surface area (Å²) in [7, 11) is 0. The summed E-state index contributed by atoms with van der Waals surface area (Å²) in [6, 6.07) is 11.6. The second kappa shape index (κ2) is 6.08. The molecule has 6 heteroatoms. The molecule has 2 aromatic rings. The molecule has 2 aromatic carbocycles. The monoisotopic (exact) mass is 357 g/mol. The molecular weight excluding hydrogens is 342 g/mol. The largest absolute Gasteiger partial charge is 0.480 e. The van der Waals surface area contributed by atoms with Crippen molar-refractivity contribution in [3.05, 3.63) is 64.2 Å². The van der Waals surface area contributed by atoms with E-state index in [0.717, 1.165) is 11.1 Å². The third-order valence-corrected chi connectivity index (χ3v) is 5.01. The van der Waals surface area contributed by atoms with Crippen LogP contribution in [0, 0.1) is 0 Å². The summed E-state index contributed by atoms with van der Waals surface area (Å²) < 4.78 is 5.75. The summed E-state index contributed by atoms with van der Waals surface area (Å²) in [5.74, 6) is -0.694. The molecule has 0 aliphatic carbocycles. The van der Waals surface area contributed by atoms with Crippen molar-refractivity contribution in [1.29, 1.82) is 0 Å². The Morgan fingerprint density at radius 2 is 1.96 bits per heavy atom. The van der Waals surface area contributed by atoms with Crippen molar-refractivity contribution >= 4 is 23.5 Å². The second-order valence-electron chi connectivity index (χ2n) is 6.28. The lowest BCUT2D eigenvalue weighted by atomic mass is 9.92. The molecule has 25 heavy (non-hydrogen) atoms. The van der Waals surface area contributed by atoms with E-state index in [2.05, 4.69) is 0 Å². The first-order valence-electron chi connectivity index (χ1n) is 8.11. The van der Waals surface area contributed by atoms with Crippen LogP contribution < -0.4 is 4.74 Å². The predicted octanol–water partition coefficient (Wildman–Crippen LogP) is 2.85. The Morgan fingerprint density at radius 3 is 2.76 bits per heavy atom. The van der Waals surface area contributed by atoms with Crippen LogP contribution in [0.5, 0.6) is 5.75 Å². The zero-order valence-corrected chi connectivity index (χ0v) is 14.1. The molecule has 128 valence electrons. The van der Waals surface area contributed by atoms with Crippen molar-refractivity contribution < 1.29 is 19.4 Å². The van der Waals surface area contributed by atoms with Gasteiger partial charge in [0.2, 0.25) is 0 Å². The van der Waals surface area contributed by atoms with Crippen molar-refractivity contribution in [2.24, 2.45) is 0 Å². The van der Waals surface area contributed by atoms with Crippen LogP contribution in [0.1, 0.15) is 22.7 Å². The number of fused-ring (bicyclic) bond motifs is 2. The van der Waals surface area contributed by atoms with Gasteiger partial charge in [-0.25, -0.2) is 4.79 Å². The van der Waals surface area contributed by atoms with Crippen LogP contribution in [0.4, 0.5) is 0 Å². The average molecular weight is 358 g/mol. The van der Waals surface area contributed by atoms with E-state index >= 15 is 0 Å². The lowest BCUT2D eigenvalue weighted by Gasteiger charge is -2.35. The Balaban J connectivity index is 1.61. The Kier molecular flexibility index (Phi) is 3.88. The van der Waals surface area contributed by atoms with Crippen molar-refractivity contribution in [3.63, 3.8) is 0 Å². The van der Waals surface area contributed by atoms with Crippen LogP contribution >= 0.6 is 11.6 Å². The minimum atomic E-state index is -1.03. The molecule has 1 amide bonds. The first kappa shape index (κ1) is 16.0. The van der Waals surface area contributed by atoms with Gasteiger partial charge in [-0.1, -0.05) is 35.9 Å². The van der Waals surface area contributed by atoms with Gasteiger partial charge in [-0.15, -0.1) is 0 Å². The Morgan fingerprint density at radius 1 is 1.16 bits per heavy atom. The summed E-state index contributed by atoms with van der Waals surface area (Å²) in [5, 5.41) is 10.3. The first-order valence-corrected chi connectivity index (χ1v) is 8.48. The van der Waals surface area contributed by atoms with Crippen molar-refractivity contribution in [3.8, 4) is 5.75 Å². The van der Waals surface area contributed by atoms with Gasteiger partial charge in [-0.05, 0) is 41.3 Å². The molecule has 0 aromatic heterocycles. The summed E-state index contributed by atoms with van der Waals surface area (Å²) in [6.45, 7) is 0.365. The number of halogens is 1. The number of amides is 1. The number of benzene rings is 2. The maximum Gasteiger partial charge on any atom is 0.331 e. The van der Waals surface area contributed by atoms with E-state index in [4.69, 9.17) is 16.3 Å². The molecule has 1 N–H and O–H groups in total. The number of carboxylic acid groups (broad SMARTS) is 1. The highest BCUT2D eigenvalue weighted by molar-refractivity contribution is 6.30. The number of rotatable bonds is 2. The fourth-order valence-electron chi connectivity index (χ4n) is 3.61. The smallest absolute Gasteiger partial charge is 0.331 e. The van der Waals surface area contributed by atoms with Gasteiger partial charge in [-0.3, -0.25) is 4.79 Å². The molecule has 0 spiro atoms. The predicted molar refractivity (Wildman–Crippen MR) is 91.8 cm³/mol. The molecule has 5 nitrogen and oxygen atoms in total. The molecule has 2 atom stereocenters.